The van der Waals surface area contributed by atoms with Crippen LogP contribution in [0, 0.1) is 11.3 Å². The highest BCUT2D eigenvalue weighted by atomic mass is 35.5. The lowest BCUT2D eigenvalue weighted by Gasteiger charge is -2.13. The van der Waals surface area contributed by atoms with Gasteiger partial charge in [-0.2, -0.15) is 18.4 Å². The van der Waals surface area contributed by atoms with Crippen molar-refractivity contribution in [2.45, 2.75) is 12.6 Å². The van der Waals surface area contributed by atoms with E-state index in [0.717, 1.165) is 6.07 Å². The normalized spacial score (nSPS) is 11.2. The second kappa shape index (κ2) is 8.06. The molecule has 0 aliphatic carbocycles. The molecule has 2 heterocycles. The third-order valence-corrected chi connectivity index (χ3v) is 3.85. The zero-order chi connectivity index (χ0) is 21.2. The third kappa shape index (κ3) is 5.01. The number of aromatic amines is 1. The first-order chi connectivity index (χ1) is 13.7. The van der Waals surface area contributed by atoms with Gasteiger partial charge in [-0.1, -0.05) is 23.2 Å². The molecule has 0 atom stereocenters. The average Bonchev–Trinajstić information content (AvgIpc) is 2.64. The Morgan fingerprint density at radius 3 is 2.55 bits per heavy atom. The number of nitriles is 1. The molecule has 0 spiro atoms. The fourth-order valence-corrected chi connectivity index (χ4v) is 2.61. The quantitative estimate of drug-likeness (QED) is 0.652. The van der Waals surface area contributed by atoms with Gasteiger partial charge in [0.25, 0.3) is 5.56 Å². The highest BCUT2D eigenvalue weighted by Gasteiger charge is 2.39. The summed E-state index contributed by atoms with van der Waals surface area (Å²) in [5, 5.41) is 9.10. The molecule has 0 unspecified atom stereocenters. The van der Waals surface area contributed by atoms with E-state index in [1.54, 1.807) is 6.07 Å². The molecule has 0 aliphatic rings. The van der Waals surface area contributed by atoms with Crippen molar-refractivity contribution in [2.24, 2.45) is 0 Å². The van der Waals surface area contributed by atoms with E-state index in [0.29, 0.717) is 0 Å². The van der Waals surface area contributed by atoms with Crippen LogP contribution in [0.1, 0.15) is 22.8 Å². The number of rotatable bonds is 4. The summed E-state index contributed by atoms with van der Waals surface area (Å²) in [6.07, 6.45) is -2.75. The first-order valence-electron chi connectivity index (χ1n) is 7.71. The largest absolute Gasteiger partial charge is 0.449 e. The number of halogens is 5. The van der Waals surface area contributed by atoms with Crippen LogP contribution in [-0.2, 0) is 12.6 Å². The van der Waals surface area contributed by atoms with Crippen molar-refractivity contribution in [1.82, 2.24) is 19.9 Å². The first kappa shape index (κ1) is 20.6. The van der Waals surface area contributed by atoms with Crippen molar-refractivity contribution < 1.29 is 17.9 Å². The lowest BCUT2D eigenvalue weighted by atomic mass is 10.2. The molecule has 1 aromatic carbocycles. The van der Waals surface area contributed by atoms with Gasteiger partial charge < -0.3 is 9.72 Å². The second-order valence-corrected chi connectivity index (χ2v) is 6.41. The van der Waals surface area contributed by atoms with Gasteiger partial charge in [0.15, 0.2) is 5.69 Å². The Balaban J connectivity index is 2.03. The van der Waals surface area contributed by atoms with Gasteiger partial charge in [-0.3, -0.25) is 9.78 Å². The SMILES string of the molecule is N#Cc1cc(Cl)cc(Oc2c(C(F)(F)F)nc(Cc3cnc(Cl)cn3)[nH]c2=O)c1. The Bertz CT molecular complexity index is 1160. The van der Waals surface area contributed by atoms with E-state index in [-0.39, 0.29) is 39.4 Å². The van der Waals surface area contributed by atoms with Crippen LogP contribution < -0.4 is 10.3 Å². The van der Waals surface area contributed by atoms with Gasteiger partial charge in [0.1, 0.15) is 16.7 Å². The summed E-state index contributed by atoms with van der Waals surface area (Å²) in [5.74, 6) is -1.59. The van der Waals surface area contributed by atoms with E-state index in [2.05, 4.69) is 19.9 Å². The van der Waals surface area contributed by atoms with E-state index < -0.39 is 23.2 Å². The number of nitrogens with one attached hydrogen (secondary N) is 1. The molecule has 2 aromatic heterocycles. The number of benzene rings is 1. The van der Waals surface area contributed by atoms with Gasteiger partial charge in [-0.05, 0) is 18.2 Å². The maximum atomic E-state index is 13.5. The number of hydrogen-bond donors (Lipinski definition) is 1. The molecular weight excluding hydrogens is 434 g/mol. The highest BCUT2D eigenvalue weighted by Crippen LogP contribution is 2.35. The zero-order valence-electron chi connectivity index (χ0n) is 14.1. The van der Waals surface area contributed by atoms with Gasteiger partial charge in [0.2, 0.25) is 5.75 Å². The van der Waals surface area contributed by atoms with E-state index in [4.69, 9.17) is 33.2 Å². The number of hydrogen-bond acceptors (Lipinski definition) is 6. The van der Waals surface area contributed by atoms with Crippen LogP contribution in [0.15, 0.2) is 35.4 Å². The number of aromatic nitrogens is 4. The summed E-state index contributed by atoms with van der Waals surface area (Å²) < 4.78 is 45.6. The molecule has 1 N–H and O–H groups in total. The molecule has 7 nitrogen and oxygen atoms in total. The topological polar surface area (TPSA) is 105 Å². The van der Waals surface area contributed by atoms with Gasteiger partial charge in [0, 0.05) is 11.4 Å². The van der Waals surface area contributed by atoms with Crippen LogP contribution in [0.4, 0.5) is 13.2 Å². The number of H-pyrrole nitrogens is 1. The minimum Gasteiger partial charge on any atom is -0.449 e. The molecule has 0 saturated heterocycles. The summed E-state index contributed by atoms with van der Waals surface area (Å²) >= 11 is 11.4. The Morgan fingerprint density at radius 1 is 1.17 bits per heavy atom. The van der Waals surface area contributed by atoms with Gasteiger partial charge in [0.05, 0.1) is 29.7 Å². The third-order valence-electron chi connectivity index (χ3n) is 3.44. The van der Waals surface area contributed by atoms with Crippen molar-refractivity contribution in [3.63, 3.8) is 0 Å². The van der Waals surface area contributed by atoms with Crippen molar-refractivity contribution in [2.75, 3.05) is 0 Å². The number of alkyl halides is 3. The molecule has 12 heteroatoms. The van der Waals surface area contributed by atoms with Gasteiger partial charge >= 0.3 is 6.18 Å². The minimum atomic E-state index is -4.99. The smallest absolute Gasteiger partial charge is 0.437 e. The lowest BCUT2D eigenvalue weighted by molar-refractivity contribution is -0.142. The lowest BCUT2D eigenvalue weighted by Crippen LogP contribution is -2.22. The van der Waals surface area contributed by atoms with Crippen molar-refractivity contribution in [3.8, 4) is 17.6 Å². The van der Waals surface area contributed by atoms with Crippen LogP contribution in [0.5, 0.6) is 11.5 Å². The zero-order valence-corrected chi connectivity index (χ0v) is 15.6. The highest BCUT2D eigenvalue weighted by molar-refractivity contribution is 6.30. The Hall–Kier alpha value is -3.16. The fourth-order valence-electron chi connectivity index (χ4n) is 2.29. The molecule has 0 saturated carbocycles. The van der Waals surface area contributed by atoms with E-state index in [1.165, 1.54) is 24.5 Å². The predicted molar refractivity (Wildman–Crippen MR) is 95.9 cm³/mol. The van der Waals surface area contributed by atoms with Crippen molar-refractivity contribution >= 4 is 23.2 Å². The van der Waals surface area contributed by atoms with Gasteiger partial charge in [-0.25, -0.2) is 9.97 Å². The van der Waals surface area contributed by atoms with E-state index in [9.17, 15) is 18.0 Å². The molecule has 0 aliphatic heterocycles. The molecule has 0 bridgehead atoms. The Labute approximate surface area is 170 Å². The summed E-state index contributed by atoms with van der Waals surface area (Å²) in [6.45, 7) is 0. The molecule has 0 amide bonds. The molecule has 3 aromatic rings. The van der Waals surface area contributed by atoms with E-state index in [1.807, 2.05) is 0 Å². The van der Waals surface area contributed by atoms with Crippen LogP contribution in [0.25, 0.3) is 0 Å². The molecule has 0 fully saturated rings. The maximum Gasteiger partial charge on any atom is 0.437 e. The summed E-state index contributed by atoms with van der Waals surface area (Å²) in [6, 6.07) is 5.38. The molecular formula is C17H8Cl2F3N5O2. The van der Waals surface area contributed by atoms with Crippen LogP contribution in [0.2, 0.25) is 10.2 Å². The molecule has 29 heavy (non-hydrogen) atoms. The standard InChI is InChI=1S/C17H8Cl2F3N5O2/c18-9-1-8(5-23)2-11(3-9)29-14-15(17(20,21)22)26-13(27-16(14)28)4-10-6-25-12(19)7-24-10/h1-3,6-7H,4H2,(H,26,27,28). The Morgan fingerprint density at radius 2 is 1.93 bits per heavy atom. The maximum absolute atomic E-state index is 13.5. The molecule has 0 radical (unpaired) electrons. The van der Waals surface area contributed by atoms with E-state index >= 15 is 0 Å². The fraction of sp³-hybridized carbons (Fsp3) is 0.118. The summed E-state index contributed by atoms with van der Waals surface area (Å²) in [7, 11) is 0. The predicted octanol–water partition coefficient (Wildman–Crippen LogP) is 4.14. The van der Waals surface area contributed by atoms with Crippen LogP contribution in [-0.4, -0.2) is 19.9 Å². The minimum absolute atomic E-state index is 0.0448. The molecule has 148 valence electrons. The number of nitrogens with zero attached hydrogens (tertiary/aromatic N) is 4. The molecule has 3 rings (SSSR count). The van der Waals surface area contributed by atoms with Gasteiger partial charge in [-0.15, -0.1) is 0 Å². The number of ether oxygens (including phenoxy) is 1. The first-order valence-corrected chi connectivity index (χ1v) is 8.46. The van der Waals surface area contributed by atoms with Crippen LogP contribution >= 0.6 is 23.2 Å². The second-order valence-electron chi connectivity index (χ2n) is 5.58. The Kier molecular flexibility index (Phi) is 5.72. The monoisotopic (exact) mass is 441 g/mol. The van der Waals surface area contributed by atoms with Crippen molar-refractivity contribution in [1.29, 1.82) is 5.26 Å². The summed E-state index contributed by atoms with van der Waals surface area (Å²) in [5.41, 5.74) is -2.41. The van der Waals surface area contributed by atoms with Crippen molar-refractivity contribution in [3.05, 3.63) is 73.9 Å². The van der Waals surface area contributed by atoms with Crippen LogP contribution in [0.3, 0.4) is 0 Å². The summed E-state index contributed by atoms with van der Waals surface area (Å²) in [4.78, 5) is 25.7. The average molecular weight is 442 g/mol.